The van der Waals surface area contributed by atoms with E-state index in [1.807, 2.05) is 24.5 Å². The third-order valence-corrected chi connectivity index (χ3v) is 2.98. The zero-order chi connectivity index (χ0) is 10.7. The molecule has 0 aromatic carbocycles. The third kappa shape index (κ3) is 3.01. The molecule has 1 aromatic heterocycles. The molecule has 1 N–H and O–H groups in total. The molecule has 1 aliphatic carbocycles. The molecular weight excluding hydrogens is 188 g/mol. The molecule has 0 aliphatic heterocycles. The van der Waals surface area contributed by atoms with E-state index in [9.17, 15) is 5.11 Å². The highest BCUT2D eigenvalue weighted by Gasteiger charge is 2.27. The van der Waals surface area contributed by atoms with Gasteiger partial charge in [-0.05, 0) is 43.5 Å². The number of hydrogen-bond acceptors (Lipinski definition) is 3. The van der Waals surface area contributed by atoms with Gasteiger partial charge in [0.05, 0.1) is 6.10 Å². The number of rotatable bonds is 4. The zero-order valence-corrected chi connectivity index (χ0v) is 9.13. The molecule has 2 rings (SSSR count). The van der Waals surface area contributed by atoms with Gasteiger partial charge in [0.2, 0.25) is 0 Å². The summed E-state index contributed by atoms with van der Waals surface area (Å²) in [4.78, 5) is 6.31. The van der Waals surface area contributed by atoms with Crippen molar-refractivity contribution in [3.8, 4) is 0 Å². The fourth-order valence-corrected chi connectivity index (χ4v) is 2.15. The van der Waals surface area contributed by atoms with Crippen LogP contribution in [0.2, 0.25) is 0 Å². The van der Waals surface area contributed by atoms with Gasteiger partial charge in [-0.25, -0.2) is 0 Å². The van der Waals surface area contributed by atoms with Crippen LogP contribution in [-0.2, 0) is 6.54 Å². The highest BCUT2D eigenvalue weighted by atomic mass is 16.3. The molecule has 0 atom stereocenters. The Hall–Kier alpha value is -0.930. The highest BCUT2D eigenvalue weighted by molar-refractivity contribution is 5.09. The third-order valence-electron chi connectivity index (χ3n) is 2.98. The van der Waals surface area contributed by atoms with Gasteiger partial charge in [0.1, 0.15) is 0 Å². The molecule has 1 aromatic rings. The first-order valence-corrected chi connectivity index (χ1v) is 5.49. The lowest BCUT2D eigenvalue weighted by molar-refractivity contribution is 0.0274. The average Bonchev–Trinajstić information content (AvgIpc) is 2.17. The van der Waals surface area contributed by atoms with Crippen LogP contribution in [0.4, 0.5) is 0 Å². The molecule has 0 radical (unpaired) electrons. The van der Waals surface area contributed by atoms with Gasteiger partial charge >= 0.3 is 0 Å². The van der Waals surface area contributed by atoms with E-state index in [1.165, 1.54) is 5.56 Å². The van der Waals surface area contributed by atoms with Crippen LogP contribution in [0.15, 0.2) is 24.5 Å². The minimum absolute atomic E-state index is 0.0377. The van der Waals surface area contributed by atoms with Crippen molar-refractivity contribution in [1.29, 1.82) is 0 Å². The first-order chi connectivity index (χ1) is 7.24. The molecule has 82 valence electrons. The van der Waals surface area contributed by atoms with Crippen molar-refractivity contribution in [2.24, 2.45) is 5.92 Å². The Labute approximate surface area is 90.8 Å². The maximum absolute atomic E-state index is 9.19. The van der Waals surface area contributed by atoms with Crippen LogP contribution >= 0.6 is 0 Å². The number of nitrogens with zero attached hydrogens (tertiary/aromatic N) is 2. The van der Waals surface area contributed by atoms with Gasteiger partial charge in [-0.2, -0.15) is 0 Å². The second kappa shape index (κ2) is 4.73. The van der Waals surface area contributed by atoms with Crippen LogP contribution in [0, 0.1) is 5.92 Å². The summed E-state index contributed by atoms with van der Waals surface area (Å²) in [6, 6.07) is 4.10. The molecule has 15 heavy (non-hydrogen) atoms. The summed E-state index contributed by atoms with van der Waals surface area (Å²) in [6.45, 7) is 2.05. The van der Waals surface area contributed by atoms with Gasteiger partial charge in [0.25, 0.3) is 0 Å². The number of hydrogen-bond donors (Lipinski definition) is 1. The van der Waals surface area contributed by atoms with Crippen molar-refractivity contribution in [1.82, 2.24) is 9.88 Å². The largest absolute Gasteiger partial charge is 0.393 e. The number of pyridine rings is 1. The lowest BCUT2D eigenvalue weighted by atomic mass is 9.82. The van der Waals surface area contributed by atoms with Crippen LogP contribution in [-0.4, -0.2) is 34.7 Å². The van der Waals surface area contributed by atoms with Crippen molar-refractivity contribution < 1.29 is 5.11 Å². The quantitative estimate of drug-likeness (QED) is 0.806. The molecule has 0 amide bonds. The van der Waals surface area contributed by atoms with E-state index in [2.05, 4.69) is 16.9 Å². The summed E-state index contributed by atoms with van der Waals surface area (Å²) in [7, 11) is 2.13. The Balaban J connectivity index is 1.75. The van der Waals surface area contributed by atoms with Gasteiger partial charge in [-0.1, -0.05) is 0 Å². The van der Waals surface area contributed by atoms with Gasteiger partial charge in [0.15, 0.2) is 0 Å². The molecule has 1 saturated carbocycles. The molecule has 1 fully saturated rings. The van der Waals surface area contributed by atoms with E-state index in [0.717, 1.165) is 25.9 Å². The second-order valence-corrected chi connectivity index (χ2v) is 4.54. The van der Waals surface area contributed by atoms with E-state index in [4.69, 9.17) is 0 Å². The van der Waals surface area contributed by atoms with E-state index < -0.39 is 0 Å². The molecule has 0 saturated heterocycles. The van der Waals surface area contributed by atoms with Crippen molar-refractivity contribution in [3.63, 3.8) is 0 Å². The SMILES string of the molecule is CN(Cc1ccncc1)CC1CC(O)C1. The first kappa shape index (κ1) is 10.6. The summed E-state index contributed by atoms with van der Waals surface area (Å²) < 4.78 is 0. The number of aromatic nitrogens is 1. The Morgan fingerprint density at radius 1 is 1.40 bits per heavy atom. The van der Waals surface area contributed by atoms with Crippen molar-refractivity contribution >= 4 is 0 Å². The predicted octanol–water partition coefficient (Wildman–Crippen LogP) is 1.28. The van der Waals surface area contributed by atoms with Crippen LogP contribution < -0.4 is 0 Å². The van der Waals surface area contributed by atoms with Gasteiger partial charge in [0, 0.05) is 25.5 Å². The molecule has 3 heteroatoms. The zero-order valence-electron chi connectivity index (χ0n) is 9.13. The fraction of sp³-hybridized carbons (Fsp3) is 0.583. The minimum Gasteiger partial charge on any atom is -0.393 e. The molecule has 1 heterocycles. The smallest absolute Gasteiger partial charge is 0.0546 e. The lowest BCUT2D eigenvalue weighted by Gasteiger charge is -2.34. The molecular formula is C12H18N2O. The minimum atomic E-state index is -0.0377. The predicted molar refractivity (Wildman–Crippen MR) is 59.3 cm³/mol. The molecule has 0 bridgehead atoms. The first-order valence-electron chi connectivity index (χ1n) is 5.49. The maximum Gasteiger partial charge on any atom is 0.0546 e. The highest BCUT2D eigenvalue weighted by Crippen LogP contribution is 2.27. The number of aliphatic hydroxyl groups excluding tert-OH is 1. The van der Waals surface area contributed by atoms with Crippen LogP contribution in [0.25, 0.3) is 0 Å². The second-order valence-electron chi connectivity index (χ2n) is 4.54. The summed E-state index contributed by atoms with van der Waals surface area (Å²) in [6.07, 6.45) is 5.57. The molecule has 0 unspecified atom stereocenters. The standard InChI is InChI=1S/C12H18N2O/c1-14(9-11-6-12(15)7-11)8-10-2-4-13-5-3-10/h2-5,11-12,15H,6-9H2,1H3. The van der Waals surface area contributed by atoms with Gasteiger partial charge < -0.3 is 10.0 Å². The average molecular weight is 206 g/mol. The normalized spacial score (nSPS) is 25.3. The van der Waals surface area contributed by atoms with E-state index in [1.54, 1.807) is 0 Å². The monoisotopic (exact) mass is 206 g/mol. The summed E-state index contributed by atoms with van der Waals surface area (Å²) >= 11 is 0. The molecule has 3 nitrogen and oxygen atoms in total. The lowest BCUT2D eigenvalue weighted by Crippen LogP contribution is -2.36. The van der Waals surface area contributed by atoms with Crippen LogP contribution in [0.1, 0.15) is 18.4 Å². The van der Waals surface area contributed by atoms with Gasteiger partial charge in [-0.3, -0.25) is 4.98 Å². The van der Waals surface area contributed by atoms with E-state index in [0.29, 0.717) is 5.92 Å². The Bertz CT molecular complexity index is 296. The van der Waals surface area contributed by atoms with Gasteiger partial charge in [-0.15, -0.1) is 0 Å². The Kier molecular flexibility index (Phi) is 3.34. The molecule has 0 spiro atoms. The van der Waals surface area contributed by atoms with Crippen molar-refractivity contribution in [2.75, 3.05) is 13.6 Å². The van der Waals surface area contributed by atoms with Crippen LogP contribution in [0.5, 0.6) is 0 Å². The Morgan fingerprint density at radius 2 is 2.07 bits per heavy atom. The van der Waals surface area contributed by atoms with E-state index >= 15 is 0 Å². The summed E-state index contributed by atoms with van der Waals surface area (Å²) in [5.74, 6) is 0.687. The maximum atomic E-state index is 9.19. The topological polar surface area (TPSA) is 36.4 Å². The Morgan fingerprint density at radius 3 is 2.67 bits per heavy atom. The number of aliphatic hydroxyl groups is 1. The molecule has 1 aliphatic rings. The van der Waals surface area contributed by atoms with E-state index in [-0.39, 0.29) is 6.10 Å². The summed E-state index contributed by atoms with van der Waals surface area (Å²) in [5.41, 5.74) is 1.30. The fourth-order valence-electron chi connectivity index (χ4n) is 2.15. The van der Waals surface area contributed by atoms with Crippen molar-refractivity contribution in [3.05, 3.63) is 30.1 Å². The van der Waals surface area contributed by atoms with Crippen LogP contribution in [0.3, 0.4) is 0 Å². The van der Waals surface area contributed by atoms with Crippen molar-refractivity contribution in [2.45, 2.75) is 25.5 Å². The summed E-state index contributed by atoms with van der Waals surface area (Å²) in [5, 5.41) is 9.19.